The summed E-state index contributed by atoms with van der Waals surface area (Å²) >= 11 is 0. The van der Waals surface area contributed by atoms with Gasteiger partial charge in [0.25, 0.3) is 0 Å². The number of benzene rings is 1. The Labute approximate surface area is 151 Å². The largest absolute Gasteiger partial charge is 0.573 e. The lowest BCUT2D eigenvalue weighted by Gasteiger charge is -2.11. The van der Waals surface area contributed by atoms with Crippen LogP contribution in [0.1, 0.15) is 32.9 Å². The fourth-order valence-electron chi connectivity index (χ4n) is 2.41. The van der Waals surface area contributed by atoms with Crippen molar-refractivity contribution in [3.8, 4) is 17.0 Å². The number of halogens is 3. The minimum atomic E-state index is -4.71. The predicted octanol–water partition coefficient (Wildman–Crippen LogP) is 5.50. The van der Waals surface area contributed by atoms with E-state index in [0.717, 1.165) is 12.1 Å². The monoisotopic (exact) mass is 368 g/mol. The Bertz CT molecular complexity index is 734. The van der Waals surface area contributed by atoms with Gasteiger partial charge in [0, 0.05) is 12.1 Å². The van der Waals surface area contributed by atoms with Crippen molar-refractivity contribution in [2.24, 2.45) is 5.92 Å². The zero-order chi connectivity index (χ0) is 19.3. The van der Waals surface area contributed by atoms with Crippen LogP contribution < -0.4 is 4.74 Å². The summed E-state index contributed by atoms with van der Waals surface area (Å²) in [6, 6.07) is 7.46. The average Bonchev–Trinajstić information content (AvgIpc) is 2.96. The van der Waals surface area contributed by atoms with E-state index < -0.39 is 6.36 Å². The number of aryl methyl sites for hydroxylation is 1. The number of aromatic nitrogens is 2. The molecular formula is C19H23F3N2O2. The molecule has 0 aliphatic rings. The van der Waals surface area contributed by atoms with Crippen molar-refractivity contribution in [1.29, 1.82) is 0 Å². The maximum absolute atomic E-state index is 12.3. The highest BCUT2D eigenvalue weighted by molar-refractivity contribution is 5.65. The summed E-state index contributed by atoms with van der Waals surface area (Å²) in [7, 11) is 0. The van der Waals surface area contributed by atoms with Crippen LogP contribution in [-0.2, 0) is 11.3 Å². The fraction of sp³-hybridized carbons (Fsp3) is 0.421. The molecule has 0 aliphatic heterocycles. The smallest absolute Gasteiger partial charge is 0.492 e. The Balaban J connectivity index is 2.28. The van der Waals surface area contributed by atoms with E-state index >= 15 is 0 Å². The van der Waals surface area contributed by atoms with Crippen molar-refractivity contribution >= 4 is 5.76 Å². The first-order valence-electron chi connectivity index (χ1n) is 8.45. The fourth-order valence-corrected chi connectivity index (χ4v) is 2.41. The molecule has 7 heteroatoms. The molecule has 0 atom stereocenters. The van der Waals surface area contributed by atoms with E-state index in [1.54, 1.807) is 12.1 Å². The lowest BCUT2D eigenvalue weighted by atomic mass is 10.1. The first-order chi connectivity index (χ1) is 12.2. The minimum Gasteiger partial charge on any atom is -0.492 e. The van der Waals surface area contributed by atoms with E-state index in [1.165, 1.54) is 12.1 Å². The first-order valence-corrected chi connectivity index (χ1v) is 8.45. The highest BCUT2D eigenvalue weighted by Gasteiger charge is 2.31. The summed E-state index contributed by atoms with van der Waals surface area (Å²) in [6.45, 7) is 11.3. The van der Waals surface area contributed by atoms with E-state index in [4.69, 9.17) is 4.74 Å². The van der Waals surface area contributed by atoms with Gasteiger partial charge in [-0.15, -0.1) is 13.2 Å². The molecule has 4 nitrogen and oxygen atoms in total. The third-order valence-electron chi connectivity index (χ3n) is 3.69. The van der Waals surface area contributed by atoms with Crippen molar-refractivity contribution in [2.75, 3.05) is 6.61 Å². The third-order valence-corrected chi connectivity index (χ3v) is 3.69. The second-order valence-corrected chi connectivity index (χ2v) is 6.25. The van der Waals surface area contributed by atoms with Crippen LogP contribution in [0.2, 0.25) is 0 Å². The molecule has 0 bridgehead atoms. The maximum atomic E-state index is 12.3. The lowest BCUT2D eigenvalue weighted by Crippen LogP contribution is -2.16. The normalized spacial score (nSPS) is 11.7. The lowest BCUT2D eigenvalue weighted by molar-refractivity contribution is -0.274. The molecule has 2 rings (SSSR count). The molecule has 0 fully saturated rings. The molecule has 0 saturated carbocycles. The zero-order valence-corrected chi connectivity index (χ0v) is 15.1. The number of hydrogen-bond acceptors (Lipinski definition) is 3. The standard InChI is InChI=1S/C19H23F3N2O2/c1-5-25-14(4)18-12-17(23-24(18)11-10-13(2)3)15-6-8-16(9-7-15)26-19(20,21)22/h6-9,12-13H,4-5,10-11H2,1-3H3. The van der Waals surface area contributed by atoms with Gasteiger partial charge in [0.15, 0.2) is 0 Å². The van der Waals surface area contributed by atoms with Gasteiger partial charge < -0.3 is 9.47 Å². The van der Waals surface area contributed by atoms with Crippen molar-refractivity contribution in [2.45, 2.75) is 40.1 Å². The summed E-state index contributed by atoms with van der Waals surface area (Å²) < 4.78 is 48.0. The molecule has 142 valence electrons. The van der Waals surface area contributed by atoms with Crippen molar-refractivity contribution in [3.63, 3.8) is 0 Å². The Morgan fingerprint density at radius 3 is 2.42 bits per heavy atom. The van der Waals surface area contributed by atoms with Crippen LogP contribution in [0.15, 0.2) is 36.9 Å². The summed E-state index contributed by atoms with van der Waals surface area (Å²) in [4.78, 5) is 0. The van der Waals surface area contributed by atoms with Gasteiger partial charge in [-0.25, -0.2) is 0 Å². The molecule has 0 N–H and O–H groups in total. The number of rotatable bonds is 8. The first kappa shape index (κ1) is 19.9. The summed E-state index contributed by atoms with van der Waals surface area (Å²) in [6.07, 6.45) is -3.77. The highest BCUT2D eigenvalue weighted by atomic mass is 19.4. The van der Waals surface area contributed by atoms with E-state index in [1.807, 2.05) is 17.7 Å². The predicted molar refractivity (Wildman–Crippen MR) is 94.5 cm³/mol. The van der Waals surface area contributed by atoms with Crippen LogP contribution in [-0.4, -0.2) is 22.7 Å². The van der Waals surface area contributed by atoms with Gasteiger partial charge in [-0.3, -0.25) is 4.68 Å². The van der Waals surface area contributed by atoms with Crippen LogP contribution >= 0.6 is 0 Å². The van der Waals surface area contributed by atoms with Crippen LogP contribution in [0, 0.1) is 5.92 Å². The van der Waals surface area contributed by atoms with E-state index in [-0.39, 0.29) is 5.75 Å². The molecule has 1 aromatic heterocycles. The summed E-state index contributed by atoms with van der Waals surface area (Å²) in [5.41, 5.74) is 2.09. The van der Waals surface area contributed by atoms with Crippen LogP contribution in [0.25, 0.3) is 17.0 Å². The number of hydrogen-bond donors (Lipinski definition) is 0. The Kier molecular flexibility index (Phi) is 6.34. The second kappa shape index (κ2) is 8.29. The molecule has 0 radical (unpaired) electrons. The Hall–Kier alpha value is -2.44. The van der Waals surface area contributed by atoms with E-state index in [9.17, 15) is 13.2 Å². The van der Waals surface area contributed by atoms with Gasteiger partial charge in [-0.05, 0) is 49.6 Å². The van der Waals surface area contributed by atoms with E-state index in [0.29, 0.717) is 36.1 Å². The Morgan fingerprint density at radius 2 is 1.88 bits per heavy atom. The molecule has 2 aromatic rings. The van der Waals surface area contributed by atoms with Gasteiger partial charge in [-0.2, -0.15) is 5.10 Å². The molecular weight excluding hydrogens is 345 g/mol. The van der Waals surface area contributed by atoms with Crippen LogP contribution in [0.3, 0.4) is 0 Å². The topological polar surface area (TPSA) is 36.3 Å². The maximum Gasteiger partial charge on any atom is 0.573 e. The van der Waals surface area contributed by atoms with Crippen molar-refractivity contribution in [1.82, 2.24) is 9.78 Å². The molecule has 1 aromatic carbocycles. The van der Waals surface area contributed by atoms with Gasteiger partial charge in [0.1, 0.15) is 17.2 Å². The average molecular weight is 368 g/mol. The molecule has 0 aliphatic carbocycles. The molecule has 0 amide bonds. The number of alkyl halides is 3. The number of ether oxygens (including phenoxy) is 2. The SMILES string of the molecule is C=C(OCC)c1cc(-c2ccc(OC(F)(F)F)cc2)nn1CCC(C)C. The molecule has 0 spiro atoms. The second-order valence-electron chi connectivity index (χ2n) is 6.25. The van der Waals surface area contributed by atoms with E-state index in [2.05, 4.69) is 30.3 Å². The Morgan fingerprint density at radius 1 is 1.23 bits per heavy atom. The van der Waals surface area contributed by atoms with Crippen molar-refractivity contribution in [3.05, 3.63) is 42.6 Å². The molecule has 1 heterocycles. The van der Waals surface area contributed by atoms with Crippen LogP contribution in [0.4, 0.5) is 13.2 Å². The third kappa shape index (κ3) is 5.54. The van der Waals surface area contributed by atoms with Crippen molar-refractivity contribution < 1.29 is 22.6 Å². The van der Waals surface area contributed by atoms with Gasteiger partial charge in [-0.1, -0.05) is 20.4 Å². The minimum absolute atomic E-state index is 0.264. The quantitative estimate of drug-likeness (QED) is 0.577. The molecule has 26 heavy (non-hydrogen) atoms. The highest BCUT2D eigenvalue weighted by Crippen LogP contribution is 2.28. The van der Waals surface area contributed by atoms with Gasteiger partial charge >= 0.3 is 6.36 Å². The number of nitrogens with zero attached hydrogens (tertiary/aromatic N) is 2. The summed E-state index contributed by atoms with van der Waals surface area (Å²) in [5.74, 6) is 0.765. The molecule has 0 unspecified atom stereocenters. The van der Waals surface area contributed by atoms with Crippen LogP contribution in [0.5, 0.6) is 5.75 Å². The van der Waals surface area contributed by atoms with Gasteiger partial charge in [0.2, 0.25) is 0 Å². The summed E-state index contributed by atoms with van der Waals surface area (Å²) in [5, 5.41) is 4.57. The molecule has 0 saturated heterocycles. The zero-order valence-electron chi connectivity index (χ0n) is 15.1. The van der Waals surface area contributed by atoms with Gasteiger partial charge in [0.05, 0.1) is 12.3 Å².